The van der Waals surface area contributed by atoms with E-state index in [9.17, 15) is 9.18 Å². The Hall–Kier alpha value is -1.72. The van der Waals surface area contributed by atoms with Crippen LogP contribution in [0.1, 0.15) is 33.1 Å². The molecule has 0 saturated heterocycles. The highest BCUT2D eigenvalue weighted by molar-refractivity contribution is 9.10. The van der Waals surface area contributed by atoms with Crippen molar-refractivity contribution in [2.45, 2.75) is 12.5 Å². The number of hydrogen-bond donors (Lipinski definition) is 2. The summed E-state index contributed by atoms with van der Waals surface area (Å²) in [5, 5.41) is 2.82. The Kier molecular flexibility index (Phi) is 3.78. The highest BCUT2D eigenvalue weighted by Gasteiger charge is 2.20. The van der Waals surface area contributed by atoms with Gasteiger partial charge in [-0.25, -0.2) is 4.39 Å². The molecular weight excluding hydrogens is 335 g/mol. The van der Waals surface area contributed by atoms with Crippen LogP contribution in [0.4, 0.5) is 4.39 Å². The molecule has 0 aromatic heterocycles. The Labute approximate surface area is 130 Å². The number of nitrogens with two attached hydrogens (primary N) is 1. The van der Waals surface area contributed by atoms with Crippen LogP contribution in [0, 0.1) is 5.82 Å². The summed E-state index contributed by atoms with van der Waals surface area (Å²) in [5.74, 6) is -0.428. The molecule has 1 heterocycles. The molecule has 0 fully saturated rings. The van der Waals surface area contributed by atoms with Crippen LogP contribution >= 0.6 is 15.9 Å². The number of nitrogens with one attached hydrogen (secondary N) is 1. The number of halogens is 2. The third-order valence-corrected chi connectivity index (χ3v) is 4.57. The maximum Gasteiger partial charge on any atom is 0.251 e. The largest absolute Gasteiger partial charge is 0.352 e. The minimum atomic E-state index is -0.491. The summed E-state index contributed by atoms with van der Waals surface area (Å²) in [6.07, 6.45) is 0.820. The molecule has 2 aromatic rings. The third-order valence-electron chi connectivity index (χ3n) is 3.73. The third kappa shape index (κ3) is 2.59. The van der Waals surface area contributed by atoms with Crippen molar-refractivity contribution in [3.8, 4) is 0 Å². The average Bonchev–Trinajstić information content (AvgIpc) is 2.49. The van der Waals surface area contributed by atoms with Gasteiger partial charge in [0.05, 0.1) is 10.5 Å². The fraction of sp³-hybridized carbons (Fsp3) is 0.188. The Morgan fingerprint density at radius 1 is 1.29 bits per heavy atom. The minimum absolute atomic E-state index is 0.0800. The number of carbonyl (C=O) groups excluding carboxylic acids is 1. The van der Waals surface area contributed by atoms with Gasteiger partial charge in [0.25, 0.3) is 5.91 Å². The summed E-state index contributed by atoms with van der Waals surface area (Å²) < 4.78 is 14.0. The van der Waals surface area contributed by atoms with Crippen LogP contribution in [0.2, 0.25) is 0 Å². The summed E-state index contributed by atoms with van der Waals surface area (Å²) in [5.41, 5.74) is 9.36. The monoisotopic (exact) mass is 348 g/mol. The molecule has 3 N–H and O–H groups in total. The van der Waals surface area contributed by atoms with Gasteiger partial charge in [-0.2, -0.15) is 0 Å². The SMILES string of the molecule is NC(c1ccc2c(c1)C(=O)NCC2)c1cccc(F)c1Br. The van der Waals surface area contributed by atoms with Crippen molar-refractivity contribution in [3.63, 3.8) is 0 Å². The van der Waals surface area contributed by atoms with Gasteiger partial charge < -0.3 is 11.1 Å². The zero-order valence-corrected chi connectivity index (χ0v) is 12.8. The van der Waals surface area contributed by atoms with Gasteiger partial charge in [-0.3, -0.25) is 4.79 Å². The summed E-state index contributed by atoms with van der Waals surface area (Å²) in [7, 11) is 0. The maximum absolute atomic E-state index is 13.6. The molecule has 1 amide bonds. The van der Waals surface area contributed by atoms with Gasteiger partial charge in [0.15, 0.2) is 0 Å². The first-order valence-electron chi connectivity index (χ1n) is 6.68. The molecule has 21 heavy (non-hydrogen) atoms. The van der Waals surface area contributed by atoms with E-state index >= 15 is 0 Å². The number of carbonyl (C=O) groups is 1. The number of fused-ring (bicyclic) bond motifs is 1. The zero-order chi connectivity index (χ0) is 15.0. The van der Waals surface area contributed by atoms with Crippen molar-refractivity contribution in [2.24, 2.45) is 5.73 Å². The summed E-state index contributed by atoms with van der Waals surface area (Å²) in [6, 6.07) is 9.91. The molecule has 0 bridgehead atoms. The van der Waals surface area contributed by atoms with E-state index in [2.05, 4.69) is 21.2 Å². The topological polar surface area (TPSA) is 55.1 Å². The van der Waals surface area contributed by atoms with E-state index in [1.54, 1.807) is 18.2 Å². The van der Waals surface area contributed by atoms with Crippen LogP contribution in [0.15, 0.2) is 40.9 Å². The van der Waals surface area contributed by atoms with E-state index in [4.69, 9.17) is 5.73 Å². The molecular formula is C16H14BrFN2O. The molecule has 3 nitrogen and oxygen atoms in total. The normalized spacial score (nSPS) is 15.3. The highest BCUT2D eigenvalue weighted by Crippen LogP contribution is 2.30. The molecule has 1 atom stereocenters. The maximum atomic E-state index is 13.6. The molecule has 1 aliphatic heterocycles. The van der Waals surface area contributed by atoms with E-state index in [0.717, 1.165) is 17.5 Å². The average molecular weight is 349 g/mol. The lowest BCUT2D eigenvalue weighted by molar-refractivity contribution is 0.0946. The quantitative estimate of drug-likeness (QED) is 0.876. The van der Waals surface area contributed by atoms with Gasteiger partial charge >= 0.3 is 0 Å². The van der Waals surface area contributed by atoms with E-state index in [-0.39, 0.29) is 11.7 Å². The van der Waals surface area contributed by atoms with Gasteiger partial charge in [-0.1, -0.05) is 24.3 Å². The van der Waals surface area contributed by atoms with Crippen LogP contribution in [0.5, 0.6) is 0 Å². The lowest BCUT2D eigenvalue weighted by atomic mass is 9.93. The van der Waals surface area contributed by atoms with Crippen LogP contribution in [-0.2, 0) is 6.42 Å². The first-order chi connectivity index (χ1) is 10.1. The van der Waals surface area contributed by atoms with E-state index < -0.39 is 6.04 Å². The van der Waals surface area contributed by atoms with Crippen molar-refractivity contribution in [1.29, 1.82) is 0 Å². The van der Waals surface area contributed by atoms with Gasteiger partial charge in [-0.05, 0) is 51.2 Å². The second-order valence-electron chi connectivity index (χ2n) is 5.04. The van der Waals surface area contributed by atoms with E-state index in [1.807, 2.05) is 12.1 Å². The predicted molar refractivity (Wildman–Crippen MR) is 82.6 cm³/mol. The van der Waals surface area contributed by atoms with Gasteiger partial charge in [0.2, 0.25) is 0 Å². The van der Waals surface area contributed by atoms with Gasteiger partial charge in [-0.15, -0.1) is 0 Å². The standard InChI is InChI=1S/C16H14BrFN2O/c17-14-11(2-1-3-13(14)18)15(19)10-5-4-9-6-7-20-16(21)12(9)8-10/h1-5,8,15H,6-7,19H2,(H,20,21). The minimum Gasteiger partial charge on any atom is -0.352 e. The van der Waals surface area contributed by atoms with E-state index in [0.29, 0.717) is 22.1 Å². The molecule has 5 heteroatoms. The van der Waals surface area contributed by atoms with Crippen molar-refractivity contribution in [2.75, 3.05) is 6.54 Å². The summed E-state index contributed by atoms with van der Waals surface area (Å²) in [6.45, 7) is 0.659. The molecule has 108 valence electrons. The molecule has 0 radical (unpaired) electrons. The smallest absolute Gasteiger partial charge is 0.251 e. The first kappa shape index (κ1) is 14.2. The number of rotatable bonds is 2. The Balaban J connectivity index is 2.02. The lowest BCUT2D eigenvalue weighted by Crippen LogP contribution is -2.32. The van der Waals surface area contributed by atoms with Crippen molar-refractivity contribution < 1.29 is 9.18 Å². The second-order valence-corrected chi connectivity index (χ2v) is 5.84. The fourth-order valence-electron chi connectivity index (χ4n) is 2.56. The molecule has 0 spiro atoms. The molecule has 2 aromatic carbocycles. The van der Waals surface area contributed by atoms with Crippen LogP contribution in [0.25, 0.3) is 0 Å². The molecule has 0 saturated carbocycles. The second kappa shape index (κ2) is 5.58. The van der Waals surface area contributed by atoms with Crippen molar-refractivity contribution in [1.82, 2.24) is 5.32 Å². The van der Waals surface area contributed by atoms with Gasteiger partial charge in [0, 0.05) is 12.1 Å². The molecule has 1 aliphatic rings. The van der Waals surface area contributed by atoms with Crippen molar-refractivity contribution in [3.05, 3.63) is 68.9 Å². The fourth-order valence-corrected chi connectivity index (χ4v) is 3.07. The predicted octanol–water partition coefficient (Wildman–Crippen LogP) is 2.92. The summed E-state index contributed by atoms with van der Waals surface area (Å²) in [4.78, 5) is 11.9. The number of benzene rings is 2. The molecule has 3 rings (SSSR count). The number of amides is 1. The van der Waals surface area contributed by atoms with Crippen LogP contribution < -0.4 is 11.1 Å². The molecule has 1 unspecified atom stereocenters. The Morgan fingerprint density at radius 2 is 2.10 bits per heavy atom. The Bertz CT molecular complexity index is 717. The van der Waals surface area contributed by atoms with Crippen molar-refractivity contribution >= 4 is 21.8 Å². The molecule has 0 aliphatic carbocycles. The van der Waals surface area contributed by atoms with Crippen LogP contribution in [-0.4, -0.2) is 12.5 Å². The lowest BCUT2D eigenvalue weighted by Gasteiger charge is -2.20. The highest BCUT2D eigenvalue weighted by atomic mass is 79.9. The first-order valence-corrected chi connectivity index (χ1v) is 7.47. The van der Waals surface area contributed by atoms with Gasteiger partial charge in [0.1, 0.15) is 5.82 Å². The van der Waals surface area contributed by atoms with E-state index in [1.165, 1.54) is 6.07 Å². The number of hydrogen-bond acceptors (Lipinski definition) is 2. The van der Waals surface area contributed by atoms with Crippen LogP contribution in [0.3, 0.4) is 0 Å². The Morgan fingerprint density at radius 3 is 2.90 bits per heavy atom. The zero-order valence-electron chi connectivity index (χ0n) is 11.2. The summed E-state index contributed by atoms with van der Waals surface area (Å²) >= 11 is 3.23.